The van der Waals surface area contributed by atoms with Crippen molar-refractivity contribution < 1.29 is 23.4 Å². The van der Waals surface area contributed by atoms with Gasteiger partial charge in [-0.15, -0.1) is 0 Å². The lowest BCUT2D eigenvalue weighted by atomic mass is 10.1. The van der Waals surface area contributed by atoms with Crippen molar-refractivity contribution in [3.05, 3.63) is 30.0 Å². The largest absolute Gasteiger partial charge is 0.493 e. The van der Waals surface area contributed by atoms with E-state index in [9.17, 15) is 4.79 Å². The highest BCUT2D eigenvalue weighted by molar-refractivity contribution is 5.97. The van der Waals surface area contributed by atoms with E-state index in [4.69, 9.17) is 18.6 Å². The number of ether oxygens (including phenoxy) is 3. The van der Waals surface area contributed by atoms with Crippen LogP contribution in [0, 0.1) is 0 Å². The molecule has 1 saturated heterocycles. The van der Waals surface area contributed by atoms with Crippen molar-refractivity contribution in [1.82, 2.24) is 4.90 Å². The Kier molecular flexibility index (Phi) is 4.39. The second kappa shape index (κ2) is 6.69. The third-order valence-electron chi connectivity index (χ3n) is 5.12. The first-order valence-corrected chi connectivity index (χ1v) is 8.83. The van der Waals surface area contributed by atoms with Crippen LogP contribution in [0.15, 0.2) is 28.7 Å². The second-order valence-corrected chi connectivity index (χ2v) is 6.46. The summed E-state index contributed by atoms with van der Waals surface area (Å²) in [6, 6.07) is 7.47. The van der Waals surface area contributed by atoms with Gasteiger partial charge >= 0.3 is 0 Å². The minimum absolute atomic E-state index is 0.0448. The Balaban J connectivity index is 1.60. The highest BCUT2D eigenvalue weighted by Gasteiger charge is 2.45. The maximum absolute atomic E-state index is 13.1. The fourth-order valence-electron chi connectivity index (χ4n) is 4.00. The smallest absolute Gasteiger partial charge is 0.290 e. The van der Waals surface area contributed by atoms with Gasteiger partial charge in [0.1, 0.15) is 6.10 Å². The van der Waals surface area contributed by atoms with Gasteiger partial charge in [-0.1, -0.05) is 12.1 Å². The molecule has 25 heavy (non-hydrogen) atoms. The number of amides is 1. The minimum Gasteiger partial charge on any atom is -0.493 e. The molecule has 4 rings (SSSR count). The second-order valence-electron chi connectivity index (χ2n) is 6.46. The quantitative estimate of drug-likeness (QED) is 0.853. The van der Waals surface area contributed by atoms with Gasteiger partial charge in [0.25, 0.3) is 5.91 Å². The van der Waals surface area contributed by atoms with Crippen LogP contribution in [0.2, 0.25) is 0 Å². The molecular formula is C19H23NO5. The zero-order chi connectivity index (χ0) is 17.4. The Bertz CT molecular complexity index is 770. The van der Waals surface area contributed by atoms with E-state index in [-0.39, 0.29) is 24.2 Å². The summed E-state index contributed by atoms with van der Waals surface area (Å²) in [4.78, 5) is 15.0. The number of hydrogen-bond acceptors (Lipinski definition) is 5. The number of fused-ring (bicyclic) bond motifs is 2. The van der Waals surface area contributed by atoms with Crippen LogP contribution in [0.25, 0.3) is 11.0 Å². The molecule has 1 amide bonds. The Morgan fingerprint density at radius 3 is 3.04 bits per heavy atom. The van der Waals surface area contributed by atoms with E-state index in [2.05, 4.69) is 0 Å². The van der Waals surface area contributed by atoms with Crippen molar-refractivity contribution in [3.63, 3.8) is 0 Å². The summed E-state index contributed by atoms with van der Waals surface area (Å²) < 4.78 is 22.9. The number of rotatable bonds is 4. The summed E-state index contributed by atoms with van der Waals surface area (Å²) in [5, 5.41) is 0.867. The monoisotopic (exact) mass is 345 g/mol. The number of para-hydroxylation sites is 1. The van der Waals surface area contributed by atoms with Gasteiger partial charge in [0.2, 0.25) is 0 Å². The molecule has 134 valence electrons. The Hall–Kier alpha value is -2.05. The number of benzene rings is 1. The molecule has 3 atom stereocenters. The van der Waals surface area contributed by atoms with Crippen LogP contribution >= 0.6 is 0 Å². The maximum atomic E-state index is 13.1. The molecule has 1 aromatic carbocycles. The van der Waals surface area contributed by atoms with E-state index in [0.29, 0.717) is 36.9 Å². The molecule has 1 aliphatic heterocycles. The van der Waals surface area contributed by atoms with Gasteiger partial charge in [-0.25, -0.2) is 0 Å². The Morgan fingerprint density at radius 1 is 1.36 bits per heavy atom. The molecule has 6 heteroatoms. The normalized spacial score (nSPS) is 26.0. The fraction of sp³-hybridized carbons (Fsp3) is 0.526. The predicted octanol–water partition coefficient (Wildman–Crippen LogP) is 2.85. The van der Waals surface area contributed by atoms with Crippen molar-refractivity contribution in [2.75, 3.05) is 26.9 Å². The van der Waals surface area contributed by atoms with E-state index < -0.39 is 0 Å². The molecular weight excluding hydrogens is 322 g/mol. The van der Waals surface area contributed by atoms with Crippen molar-refractivity contribution in [2.45, 2.75) is 38.0 Å². The van der Waals surface area contributed by atoms with Gasteiger partial charge in [0.15, 0.2) is 17.1 Å². The predicted molar refractivity (Wildman–Crippen MR) is 92.0 cm³/mol. The first-order chi connectivity index (χ1) is 12.2. The van der Waals surface area contributed by atoms with E-state index >= 15 is 0 Å². The highest BCUT2D eigenvalue weighted by Crippen LogP contribution is 2.34. The zero-order valence-corrected chi connectivity index (χ0v) is 14.6. The van der Waals surface area contributed by atoms with Crippen LogP contribution < -0.4 is 4.74 Å². The van der Waals surface area contributed by atoms with E-state index in [0.717, 1.165) is 18.2 Å². The molecule has 0 bridgehead atoms. The van der Waals surface area contributed by atoms with E-state index in [1.807, 2.05) is 30.0 Å². The zero-order valence-electron chi connectivity index (χ0n) is 14.6. The number of furan rings is 1. The standard InChI is InChI=1S/C19H23NO5/c1-3-23-15-8-7-13-18(15)24-10-9-20(13)19(21)16-11-12-5-4-6-14(22-2)17(12)25-16/h4-6,11,13,15,18H,3,7-10H2,1-2H3/t13-,15-,18+/m1/s1. The van der Waals surface area contributed by atoms with E-state index in [1.165, 1.54) is 0 Å². The number of carbonyl (C=O) groups excluding carboxylic acids is 1. The third-order valence-corrected chi connectivity index (χ3v) is 5.12. The van der Waals surface area contributed by atoms with Gasteiger partial charge in [-0.05, 0) is 31.9 Å². The number of nitrogens with zero attached hydrogens (tertiary/aromatic N) is 1. The van der Waals surface area contributed by atoms with Crippen molar-refractivity contribution >= 4 is 16.9 Å². The first-order valence-electron chi connectivity index (χ1n) is 8.83. The van der Waals surface area contributed by atoms with Crippen LogP contribution in [-0.4, -0.2) is 55.9 Å². The van der Waals surface area contributed by atoms with Gasteiger partial charge in [0, 0.05) is 18.5 Å². The topological polar surface area (TPSA) is 61.1 Å². The Labute approximate surface area is 146 Å². The molecule has 2 aliphatic rings. The van der Waals surface area contributed by atoms with E-state index in [1.54, 1.807) is 13.2 Å². The molecule has 6 nitrogen and oxygen atoms in total. The molecule has 0 N–H and O–H groups in total. The first kappa shape index (κ1) is 16.4. The lowest BCUT2D eigenvalue weighted by Crippen LogP contribution is -2.53. The SMILES string of the molecule is CCO[C@@H]1CC[C@@H]2[C@@H]1OCCN2C(=O)c1cc2cccc(OC)c2o1. The average Bonchev–Trinajstić information content (AvgIpc) is 3.25. The number of carbonyl (C=O) groups is 1. The molecule has 2 heterocycles. The summed E-state index contributed by atoms with van der Waals surface area (Å²) in [7, 11) is 1.59. The summed E-state index contributed by atoms with van der Waals surface area (Å²) in [5.41, 5.74) is 0.608. The van der Waals surface area contributed by atoms with Crippen molar-refractivity contribution in [2.24, 2.45) is 0 Å². The van der Waals surface area contributed by atoms with Crippen molar-refractivity contribution in [1.29, 1.82) is 0 Å². The van der Waals surface area contributed by atoms with Gasteiger partial charge in [-0.2, -0.15) is 0 Å². The summed E-state index contributed by atoms with van der Waals surface area (Å²) >= 11 is 0. The molecule has 0 unspecified atom stereocenters. The van der Waals surface area contributed by atoms with Crippen LogP contribution in [0.4, 0.5) is 0 Å². The number of hydrogen-bond donors (Lipinski definition) is 0. The molecule has 1 aromatic heterocycles. The summed E-state index contributed by atoms with van der Waals surface area (Å²) in [6.45, 7) is 3.75. The Morgan fingerprint density at radius 2 is 2.24 bits per heavy atom. The lowest BCUT2D eigenvalue weighted by molar-refractivity contribution is -0.103. The maximum Gasteiger partial charge on any atom is 0.290 e. The third kappa shape index (κ3) is 2.79. The minimum atomic E-state index is -0.0892. The van der Waals surface area contributed by atoms with Crippen LogP contribution in [-0.2, 0) is 9.47 Å². The summed E-state index contributed by atoms with van der Waals surface area (Å²) in [5.74, 6) is 0.891. The van der Waals surface area contributed by atoms with Gasteiger partial charge < -0.3 is 23.5 Å². The van der Waals surface area contributed by atoms with Crippen LogP contribution in [0.5, 0.6) is 5.75 Å². The molecule has 2 fully saturated rings. The van der Waals surface area contributed by atoms with Crippen LogP contribution in [0.1, 0.15) is 30.3 Å². The number of morpholine rings is 1. The van der Waals surface area contributed by atoms with Gasteiger partial charge in [0.05, 0.1) is 25.9 Å². The fourth-order valence-corrected chi connectivity index (χ4v) is 4.00. The lowest BCUT2D eigenvalue weighted by Gasteiger charge is -2.38. The average molecular weight is 345 g/mol. The molecule has 0 spiro atoms. The molecule has 1 saturated carbocycles. The molecule has 2 aromatic rings. The van der Waals surface area contributed by atoms with Crippen molar-refractivity contribution in [3.8, 4) is 5.75 Å². The molecule has 0 radical (unpaired) electrons. The van der Waals surface area contributed by atoms with Gasteiger partial charge in [-0.3, -0.25) is 4.79 Å². The summed E-state index contributed by atoms with van der Waals surface area (Å²) in [6.07, 6.45) is 1.84. The molecule has 1 aliphatic carbocycles. The number of methoxy groups -OCH3 is 1. The van der Waals surface area contributed by atoms with Crippen LogP contribution in [0.3, 0.4) is 0 Å². The highest BCUT2D eigenvalue weighted by atomic mass is 16.5.